The number of aliphatic hydroxyl groups is 2. The highest BCUT2D eigenvalue weighted by atomic mass is 19.1. The molecule has 2 unspecified atom stereocenters. The Balaban J connectivity index is 3.19. The zero-order chi connectivity index (χ0) is 13.2. The van der Waals surface area contributed by atoms with Crippen LogP contribution in [-0.2, 0) is 4.79 Å². The van der Waals surface area contributed by atoms with Crippen molar-refractivity contribution in [2.24, 2.45) is 5.73 Å². The molecule has 1 amide bonds. The molecule has 4 N–H and O–H groups in total. The molecule has 0 radical (unpaired) electrons. The van der Waals surface area contributed by atoms with Gasteiger partial charge in [0.05, 0.1) is 4.92 Å². The van der Waals surface area contributed by atoms with E-state index >= 15 is 0 Å². The Labute approximate surface area is 94.4 Å². The largest absolute Gasteiger partial charge is 0.385 e. The average molecular weight is 244 g/mol. The zero-order valence-electron chi connectivity index (χ0n) is 8.41. The van der Waals surface area contributed by atoms with Gasteiger partial charge in [0.2, 0.25) is 11.7 Å². The molecule has 0 saturated heterocycles. The molecule has 1 aromatic carbocycles. The monoisotopic (exact) mass is 244 g/mol. The maximum Gasteiger partial charge on any atom is 0.305 e. The molecule has 0 spiro atoms. The second kappa shape index (κ2) is 4.85. The van der Waals surface area contributed by atoms with Crippen LogP contribution in [0, 0.1) is 15.9 Å². The fraction of sp³-hybridized carbons (Fsp3) is 0.222. The molecule has 0 aromatic heterocycles. The van der Waals surface area contributed by atoms with E-state index in [1.54, 1.807) is 0 Å². The number of nitrogens with zero attached hydrogens (tertiary/aromatic N) is 1. The van der Waals surface area contributed by atoms with E-state index in [1.165, 1.54) is 0 Å². The van der Waals surface area contributed by atoms with Gasteiger partial charge in [0, 0.05) is 11.6 Å². The van der Waals surface area contributed by atoms with Gasteiger partial charge in [-0.15, -0.1) is 0 Å². The van der Waals surface area contributed by atoms with Crippen LogP contribution in [-0.4, -0.2) is 27.1 Å². The number of rotatable bonds is 4. The summed E-state index contributed by atoms with van der Waals surface area (Å²) in [5.74, 6) is -2.58. The second-order valence-corrected chi connectivity index (χ2v) is 3.23. The van der Waals surface area contributed by atoms with Crippen LogP contribution in [0.25, 0.3) is 0 Å². The molecule has 7 nitrogen and oxygen atoms in total. The lowest BCUT2D eigenvalue weighted by Gasteiger charge is -2.15. The molecule has 0 bridgehead atoms. The van der Waals surface area contributed by atoms with Crippen molar-refractivity contribution in [2.75, 3.05) is 0 Å². The number of carbonyl (C=O) groups is 1. The van der Waals surface area contributed by atoms with E-state index in [0.29, 0.717) is 0 Å². The number of amides is 1. The predicted molar refractivity (Wildman–Crippen MR) is 53.2 cm³/mol. The number of aliphatic hydroxyl groups excluding tert-OH is 2. The average Bonchev–Trinajstić information content (AvgIpc) is 2.26. The molecule has 0 aliphatic rings. The molecular formula is C9H9FN2O5. The minimum absolute atomic E-state index is 0.564. The van der Waals surface area contributed by atoms with E-state index in [0.717, 1.165) is 18.2 Å². The minimum atomic E-state index is -2.04. The van der Waals surface area contributed by atoms with Crippen molar-refractivity contribution in [1.29, 1.82) is 0 Å². The van der Waals surface area contributed by atoms with Gasteiger partial charge in [-0.05, 0) is 0 Å². The van der Waals surface area contributed by atoms with E-state index < -0.39 is 40.1 Å². The summed E-state index contributed by atoms with van der Waals surface area (Å²) >= 11 is 0. The fourth-order valence-electron chi connectivity index (χ4n) is 1.23. The van der Waals surface area contributed by atoms with Crippen LogP contribution in [0.5, 0.6) is 0 Å². The molecule has 17 heavy (non-hydrogen) atoms. The van der Waals surface area contributed by atoms with Crippen LogP contribution >= 0.6 is 0 Å². The van der Waals surface area contributed by atoms with Crippen LogP contribution in [0.4, 0.5) is 10.1 Å². The molecule has 8 heteroatoms. The SMILES string of the molecule is NC(=O)C(O)C(O)c1cccc([N+](=O)[O-])c1F. The lowest BCUT2D eigenvalue weighted by Crippen LogP contribution is -2.34. The molecule has 0 aliphatic carbocycles. The number of hydrogen-bond donors (Lipinski definition) is 3. The maximum absolute atomic E-state index is 13.5. The van der Waals surface area contributed by atoms with Gasteiger partial charge in [0.1, 0.15) is 6.10 Å². The molecule has 0 aliphatic heterocycles. The zero-order valence-corrected chi connectivity index (χ0v) is 8.41. The van der Waals surface area contributed by atoms with Crippen LogP contribution in [0.15, 0.2) is 18.2 Å². The third-order valence-electron chi connectivity index (χ3n) is 2.11. The summed E-state index contributed by atoms with van der Waals surface area (Å²) < 4.78 is 13.5. The number of primary amides is 1. The highest BCUT2D eigenvalue weighted by Crippen LogP contribution is 2.26. The van der Waals surface area contributed by atoms with Gasteiger partial charge >= 0.3 is 5.69 Å². The molecule has 0 fully saturated rings. The third-order valence-corrected chi connectivity index (χ3v) is 2.11. The van der Waals surface area contributed by atoms with Crippen LogP contribution in [0.1, 0.15) is 11.7 Å². The number of benzene rings is 1. The van der Waals surface area contributed by atoms with Crippen molar-refractivity contribution in [3.8, 4) is 0 Å². The summed E-state index contributed by atoms with van der Waals surface area (Å²) in [5.41, 5.74) is 3.29. The van der Waals surface area contributed by atoms with E-state index in [2.05, 4.69) is 0 Å². The molecule has 2 atom stereocenters. The van der Waals surface area contributed by atoms with Crippen molar-refractivity contribution in [3.63, 3.8) is 0 Å². The summed E-state index contributed by atoms with van der Waals surface area (Å²) in [6, 6.07) is 3.02. The number of carbonyl (C=O) groups excluding carboxylic acids is 1. The van der Waals surface area contributed by atoms with E-state index in [9.17, 15) is 24.4 Å². The molecule has 1 rings (SSSR count). The van der Waals surface area contributed by atoms with Crippen LogP contribution < -0.4 is 5.73 Å². The van der Waals surface area contributed by atoms with Gasteiger partial charge in [-0.1, -0.05) is 12.1 Å². The predicted octanol–water partition coefficient (Wildman–Crippen LogP) is -0.387. The number of hydrogen-bond acceptors (Lipinski definition) is 5. The summed E-state index contributed by atoms with van der Waals surface area (Å²) in [5, 5.41) is 29.0. The fourth-order valence-corrected chi connectivity index (χ4v) is 1.23. The van der Waals surface area contributed by atoms with Gasteiger partial charge in [0.15, 0.2) is 6.10 Å². The Morgan fingerprint density at radius 1 is 1.47 bits per heavy atom. The van der Waals surface area contributed by atoms with E-state index in [1.807, 2.05) is 0 Å². The Bertz CT molecular complexity index is 465. The smallest absolute Gasteiger partial charge is 0.305 e. The van der Waals surface area contributed by atoms with Gasteiger partial charge in [0.25, 0.3) is 0 Å². The highest BCUT2D eigenvalue weighted by Gasteiger charge is 2.29. The Morgan fingerprint density at radius 2 is 2.06 bits per heavy atom. The first-order valence-electron chi connectivity index (χ1n) is 4.44. The van der Waals surface area contributed by atoms with E-state index in [4.69, 9.17) is 10.8 Å². The number of nitro groups is 1. The molecule has 0 heterocycles. The third kappa shape index (κ3) is 2.55. The van der Waals surface area contributed by atoms with Crippen molar-refractivity contribution in [2.45, 2.75) is 12.2 Å². The Morgan fingerprint density at radius 3 is 2.53 bits per heavy atom. The highest BCUT2D eigenvalue weighted by molar-refractivity contribution is 5.79. The first-order chi connectivity index (χ1) is 7.86. The van der Waals surface area contributed by atoms with Crippen molar-refractivity contribution >= 4 is 11.6 Å². The number of nitrogens with two attached hydrogens (primary N) is 1. The Kier molecular flexibility index (Phi) is 3.71. The van der Waals surface area contributed by atoms with Gasteiger partial charge in [-0.3, -0.25) is 14.9 Å². The van der Waals surface area contributed by atoms with Crippen molar-refractivity contribution < 1.29 is 24.3 Å². The summed E-state index contributed by atoms with van der Waals surface area (Å²) in [4.78, 5) is 20.0. The van der Waals surface area contributed by atoms with Crippen molar-refractivity contribution in [1.82, 2.24) is 0 Å². The molecule has 92 valence electrons. The van der Waals surface area contributed by atoms with Crippen LogP contribution in [0.2, 0.25) is 0 Å². The number of halogens is 1. The van der Waals surface area contributed by atoms with Gasteiger partial charge < -0.3 is 15.9 Å². The summed E-state index contributed by atoms with van der Waals surface area (Å²) in [7, 11) is 0. The van der Waals surface area contributed by atoms with Crippen molar-refractivity contribution in [3.05, 3.63) is 39.7 Å². The topological polar surface area (TPSA) is 127 Å². The molecule has 1 aromatic rings. The Hall–Kier alpha value is -2.06. The standard InChI is InChI=1S/C9H9FN2O5/c10-6-4(7(13)8(14)9(11)15)2-1-3-5(6)12(16)17/h1-3,7-8,13-14H,(H2,11,15). The normalized spacial score (nSPS) is 14.1. The summed E-state index contributed by atoms with van der Waals surface area (Å²) in [6.45, 7) is 0. The quantitative estimate of drug-likeness (QED) is 0.491. The maximum atomic E-state index is 13.5. The first-order valence-corrected chi connectivity index (χ1v) is 4.44. The second-order valence-electron chi connectivity index (χ2n) is 3.23. The lowest BCUT2D eigenvalue weighted by molar-refractivity contribution is -0.387. The molecular weight excluding hydrogens is 235 g/mol. The van der Waals surface area contributed by atoms with Crippen LogP contribution in [0.3, 0.4) is 0 Å². The van der Waals surface area contributed by atoms with Gasteiger partial charge in [-0.2, -0.15) is 4.39 Å². The lowest BCUT2D eigenvalue weighted by atomic mass is 10.0. The first kappa shape index (κ1) is 13.0. The molecule has 0 saturated carbocycles. The number of nitro benzene ring substituents is 1. The minimum Gasteiger partial charge on any atom is -0.385 e. The van der Waals surface area contributed by atoms with Gasteiger partial charge in [-0.25, -0.2) is 0 Å². The summed E-state index contributed by atoms with van der Waals surface area (Å²) in [6.07, 6.45) is -3.99. The van der Waals surface area contributed by atoms with E-state index in [-0.39, 0.29) is 0 Å².